The van der Waals surface area contributed by atoms with E-state index in [1.54, 1.807) is 23.9 Å². The van der Waals surface area contributed by atoms with Crippen molar-refractivity contribution in [1.82, 2.24) is 4.90 Å². The Morgan fingerprint density at radius 3 is 2.90 bits per heavy atom. The maximum absolute atomic E-state index is 13.3. The lowest BCUT2D eigenvalue weighted by molar-refractivity contribution is -0.128. The number of amides is 1. The van der Waals surface area contributed by atoms with E-state index in [0.29, 0.717) is 16.8 Å². The molecule has 0 aliphatic carbocycles. The smallest absolute Gasteiger partial charge is 0.233 e. The van der Waals surface area contributed by atoms with Crippen LogP contribution < -0.4 is 0 Å². The van der Waals surface area contributed by atoms with Gasteiger partial charge in [0, 0.05) is 13.2 Å². The molecule has 1 atom stereocenters. The fourth-order valence-electron chi connectivity index (χ4n) is 2.21. The second-order valence-corrected chi connectivity index (χ2v) is 6.63. The summed E-state index contributed by atoms with van der Waals surface area (Å²) in [6.45, 7) is 0.878. The summed E-state index contributed by atoms with van der Waals surface area (Å²) in [5.74, 6) is 0.307. The lowest BCUT2D eigenvalue weighted by Crippen LogP contribution is -2.29. The molecule has 0 bridgehead atoms. The number of nitrogens with zero attached hydrogens (tertiary/aromatic N) is 1. The standard InChI is InChI=1S/C14H17BrFNO2S/c15-11-8-10(4-5-12(11)16)14-17(13(19)9-20-14)6-2-1-3-7-18/h4-5,8,14,18H,1-3,6-7,9H2. The van der Waals surface area contributed by atoms with Crippen LogP contribution in [-0.2, 0) is 4.79 Å². The van der Waals surface area contributed by atoms with Crippen LogP contribution in [0.25, 0.3) is 0 Å². The average molecular weight is 362 g/mol. The highest BCUT2D eigenvalue weighted by Gasteiger charge is 2.32. The Labute approximate surface area is 130 Å². The number of thioether (sulfide) groups is 1. The van der Waals surface area contributed by atoms with Gasteiger partial charge in [0.05, 0.1) is 10.2 Å². The third-order valence-electron chi connectivity index (χ3n) is 3.25. The van der Waals surface area contributed by atoms with Gasteiger partial charge >= 0.3 is 0 Å². The van der Waals surface area contributed by atoms with Gasteiger partial charge in [0.15, 0.2) is 0 Å². The molecule has 1 N–H and O–H groups in total. The van der Waals surface area contributed by atoms with Crippen molar-refractivity contribution in [2.24, 2.45) is 0 Å². The van der Waals surface area contributed by atoms with Crippen LogP contribution in [0.4, 0.5) is 4.39 Å². The van der Waals surface area contributed by atoms with E-state index in [4.69, 9.17) is 5.11 Å². The van der Waals surface area contributed by atoms with E-state index in [1.807, 2.05) is 4.90 Å². The highest BCUT2D eigenvalue weighted by Crippen LogP contribution is 2.39. The molecule has 1 heterocycles. The lowest BCUT2D eigenvalue weighted by atomic mass is 10.2. The van der Waals surface area contributed by atoms with Crippen LogP contribution in [0.2, 0.25) is 0 Å². The summed E-state index contributed by atoms with van der Waals surface area (Å²) in [5, 5.41) is 8.74. The summed E-state index contributed by atoms with van der Waals surface area (Å²) in [6.07, 6.45) is 2.55. The predicted molar refractivity (Wildman–Crippen MR) is 81.9 cm³/mol. The maximum atomic E-state index is 13.3. The van der Waals surface area contributed by atoms with E-state index in [1.165, 1.54) is 6.07 Å². The molecule has 6 heteroatoms. The van der Waals surface area contributed by atoms with Gasteiger partial charge in [0.1, 0.15) is 11.2 Å². The largest absolute Gasteiger partial charge is 0.396 e. The fourth-order valence-corrected chi connectivity index (χ4v) is 3.81. The molecule has 20 heavy (non-hydrogen) atoms. The van der Waals surface area contributed by atoms with Crippen molar-refractivity contribution in [2.75, 3.05) is 18.9 Å². The Balaban J connectivity index is 2.05. The maximum Gasteiger partial charge on any atom is 0.233 e. The molecule has 0 aromatic heterocycles. The van der Waals surface area contributed by atoms with Crippen molar-refractivity contribution in [3.05, 3.63) is 34.1 Å². The van der Waals surface area contributed by atoms with Gasteiger partial charge in [-0.25, -0.2) is 4.39 Å². The number of hydrogen-bond donors (Lipinski definition) is 1. The quantitative estimate of drug-likeness (QED) is 0.790. The number of rotatable bonds is 6. The van der Waals surface area contributed by atoms with Crippen molar-refractivity contribution < 1.29 is 14.3 Å². The van der Waals surface area contributed by atoms with Crippen molar-refractivity contribution in [2.45, 2.75) is 24.6 Å². The Morgan fingerprint density at radius 2 is 2.20 bits per heavy atom. The highest BCUT2D eigenvalue weighted by atomic mass is 79.9. The van der Waals surface area contributed by atoms with Gasteiger partial charge in [0.2, 0.25) is 5.91 Å². The molecule has 1 aliphatic heterocycles. The monoisotopic (exact) mass is 361 g/mol. The molecule has 1 aromatic carbocycles. The van der Waals surface area contributed by atoms with Gasteiger partial charge in [-0.15, -0.1) is 11.8 Å². The first-order chi connectivity index (χ1) is 9.63. The zero-order chi connectivity index (χ0) is 14.5. The number of hydrogen-bond acceptors (Lipinski definition) is 3. The van der Waals surface area contributed by atoms with Crippen LogP contribution in [0.3, 0.4) is 0 Å². The number of carbonyl (C=O) groups is 1. The second kappa shape index (κ2) is 7.43. The molecular formula is C14H17BrFNO2S. The van der Waals surface area contributed by atoms with E-state index in [2.05, 4.69) is 15.9 Å². The van der Waals surface area contributed by atoms with Crippen LogP contribution in [0.1, 0.15) is 30.2 Å². The SMILES string of the molecule is O=C1CSC(c2ccc(F)c(Br)c2)N1CCCCCO. The summed E-state index contributed by atoms with van der Waals surface area (Å²) < 4.78 is 13.7. The van der Waals surface area contributed by atoms with E-state index in [-0.39, 0.29) is 23.7 Å². The molecule has 1 fully saturated rings. The first-order valence-corrected chi connectivity index (χ1v) is 8.44. The van der Waals surface area contributed by atoms with Gasteiger partial charge in [0.25, 0.3) is 0 Å². The fraction of sp³-hybridized carbons (Fsp3) is 0.500. The Morgan fingerprint density at radius 1 is 1.40 bits per heavy atom. The minimum absolute atomic E-state index is 0.0338. The molecule has 3 nitrogen and oxygen atoms in total. The van der Waals surface area contributed by atoms with E-state index in [9.17, 15) is 9.18 Å². The van der Waals surface area contributed by atoms with Crippen molar-refractivity contribution >= 4 is 33.6 Å². The second-order valence-electron chi connectivity index (χ2n) is 4.71. The summed E-state index contributed by atoms with van der Waals surface area (Å²) in [6, 6.07) is 4.90. The lowest BCUT2D eigenvalue weighted by Gasteiger charge is -2.24. The van der Waals surface area contributed by atoms with Crippen LogP contribution in [0, 0.1) is 5.82 Å². The summed E-state index contributed by atoms with van der Waals surface area (Å²) in [5.41, 5.74) is 0.941. The van der Waals surface area contributed by atoms with Crippen LogP contribution in [-0.4, -0.2) is 34.8 Å². The summed E-state index contributed by atoms with van der Waals surface area (Å²) >= 11 is 4.76. The van der Waals surface area contributed by atoms with Crippen LogP contribution in [0.5, 0.6) is 0 Å². The molecule has 1 aliphatic rings. The van der Waals surface area contributed by atoms with Gasteiger partial charge in [-0.05, 0) is 52.9 Å². The molecule has 1 unspecified atom stereocenters. The molecule has 0 spiro atoms. The highest BCUT2D eigenvalue weighted by molar-refractivity contribution is 9.10. The topological polar surface area (TPSA) is 40.5 Å². The average Bonchev–Trinajstić information content (AvgIpc) is 2.79. The van der Waals surface area contributed by atoms with Crippen LogP contribution >= 0.6 is 27.7 Å². The predicted octanol–water partition coefficient (Wildman–Crippen LogP) is 3.32. The van der Waals surface area contributed by atoms with Gasteiger partial charge in [-0.2, -0.15) is 0 Å². The zero-order valence-corrected chi connectivity index (χ0v) is 13.4. The van der Waals surface area contributed by atoms with Gasteiger partial charge < -0.3 is 10.0 Å². The van der Waals surface area contributed by atoms with Gasteiger partial charge in [-0.1, -0.05) is 6.07 Å². The third-order valence-corrected chi connectivity index (χ3v) is 5.12. The van der Waals surface area contributed by atoms with Crippen LogP contribution in [0.15, 0.2) is 22.7 Å². The van der Waals surface area contributed by atoms with Gasteiger partial charge in [-0.3, -0.25) is 4.79 Å². The van der Waals surface area contributed by atoms with E-state index in [0.717, 1.165) is 24.8 Å². The third kappa shape index (κ3) is 3.74. The number of halogens is 2. The first-order valence-electron chi connectivity index (χ1n) is 6.60. The molecular weight excluding hydrogens is 345 g/mol. The zero-order valence-electron chi connectivity index (χ0n) is 11.0. The molecule has 110 valence electrons. The first kappa shape index (κ1) is 15.8. The van der Waals surface area contributed by atoms with Crippen molar-refractivity contribution in [1.29, 1.82) is 0 Å². The Hall–Kier alpha value is -0.590. The molecule has 1 aromatic rings. The molecule has 1 saturated heterocycles. The number of unbranched alkanes of at least 4 members (excludes halogenated alkanes) is 2. The number of aliphatic hydroxyl groups is 1. The Kier molecular flexibility index (Phi) is 5.86. The van der Waals surface area contributed by atoms with E-state index < -0.39 is 0 Å². The molecule has 2 rings (SSSR count). The minimum Gasteiger partial charge on any atom is -0.396 e. The summed E-state index contributed by atoms with van der Waals surface area (Å²) in [7, 11) is 0. The number of aliphatic hydroxyl groups excluding tert-OH is 1. The normalized spacial score (nSPS) is 18.9. The molecule has 0 radical (unpaired) electrons. The number of benzene rings is 1. The molecule has 0 saturated carbocycles. The van der Waals surface area contributed by atoms with Crippen molar-refractivity contribution in [3.8, 4) is 0 Å². The Bertz CT molecular complexity index is 486. The number of carbonyl (C=O) groups excluding carboxylic acids is 1. The van der Waals surface area contributed by atoms with E-state index >= 15 is 0 Å². The summed E-state index contributed by atoms with van der Waals surface area (Å²) in [4.78, 5) is 13.8. The minimum atomic E-state index is -0.294. The van der Waals surface area contributed by atoms with Crippen molar-refractivity contribution in [3.63, 3.8) is 0 Å². The molecule has 1 amide bonds.